The van der Waals surface area contributed by atoms with Gasteiger partial charge in [-0.3, -0.25) is 19.5 Å². The second-order valence-electron chi connectivity index (χ2n) is 7.82. The molecular formula is C26H25N3O4. The number of ketones is 1. The number of carbonyl (C=O) groups excluding carboxylic acids is 2. The zero-order valence-electron chi connectivity index (χ0n) is 18.7. The van der Waals surface area contributed by atoms with E-state index in [0.29, 0.717) is 29.2 Å². The lowest BCUT2D eigenvalue weighted by molar-refractivity contribution is -0.132. The molecule has 168 valence electrons. The summed E-state index contributed by atoms with van der Waals surface area (Å²) >= 11 is 0. The molecule has 1 aromatic heterocycles. The fourth-order valence-corrected chi connectivity index (χ4v) is 3.90. The minimum Gasteiger partial charge on any atom is -0.507 e. The van der Waals surface area contributed by atoms with Crippen molar-refractivity contribution in [3.05, 3.63) is 89.8 Å². The Labute approximate surface area is 192 Å². The van der Waals surface area contributed by atoms with Crippen LogP contribution in [0.1, 0.15) is 24.1 Å². The average molecular weight is 444 g/mol. The Bertz CT molecular complexity index is 1190. The monoisotopic (exact) mass is 443 g/mol. The normalized spacial score (nSPS) is 17.3. The summed E-state index contributed by atoms with van der Waals surface area (Å²) < 4.78 is 5.54. The lowest BCUT2D eigenvalue weighted by Crippen LogP contribution is -2.29. The predicted octanol–water partition coefficient (Wildman–Crippen LogP) is 4.17. The molecule has 2 heterocycles. The highest BCUT2D eigenvalue weighted by molar-refractivity contribution is 6.51. The Balaban J connectivity index is 1.87. The van der Waals surface area contributed by atoms with E-state index in [1.807, 2.05) is 50.2 Å². The van der Waals surface area contributed by atoms with E-state index in [1.165, 1.54) is 17.3 Å². The zero-order valence-corrected chi connectivity index (χ0v) is 18.7. The summed E-state index contributed by atoms with van der Waals surface area (Å²) in [5.74, 6) is -0.980. The van der Waals surface area contributed by atoms with Gasteiger partial charge in [0, 0.05) is 43.4 Å². The molecule has 7 nitrogen and oxygen atoms in total. The summed E-state index contributed by atoms with van der Waals surface area (Å²) in [6.07, 6.45) is 3.05. The van der Waals surface area contributed by atoms with Crippen LogP contribution in [-0.4, -0.2) is 42.5 Å². The number of aliphatic hydroxyl groups is 1. The van der Waals surface area contributed by atoms with Crippen molar-refractivity contribution in [2.45, 2.75) is 13.0 Å². The van der Waals surface area contributed by atoms with Gasteiger partial charge in [-0.1, -0.05) is 12.1 Å². The van der Waals surface area contributed by atoms with Gasteiger partial charge in [-0.05, 0) is 61.0 Å². The first-order valence-electron chi connectivity index (χ1n) is 10.6. The van der Waals surface area contributed by atoms with Gasteiger partial charge in [-0.2, -0.15) is 0 Å². The molecule has 0 saturated carbocycles. The Morgan fingerprint density at radius 2 is 1.64 bits per heavy atom. The highest BCUT2D eigenvalue weighted by atomic mass is 16.5. The van der Waals surface area contributed by atoms with E-state index < -0.39 is 17.7 Å². The van der Waals surface area contributed by atoms with Crippen molar-refractivity contribution < 1.29 is 19.4 Å². The number of aliphatic hydroxyl groups excluding tert-OH is 1. The Kier molecular flexibility index (Phi) is 6.13. The fraction of sp³-hybridized carbons (Fsp3) is 0.192. The van der Waals surface area contributed by atoms with Gasteiger partial charge in [0.05, 0.1) is 18.2 Å². The molecule has 33 heavy (non-hydrogen) atoms. The summed E-state index contributed by atoms with van der Waals surface area (Å²) in [5, 5.41) is 11.1. The topological polar surface area (TPSA) is 83.0 Å². The third kappa shape index (κ3) is 4.17. The molecule has 0 spiro atoms. The molecule has 0 aliphatic carbocycles. The molecule has 1 saturated heterocycles. The Morgan fingerprint density at radius 1 is 1.00 bits per heavy atom. The van der Waals surface area contributed by atoms with Gasteiger partial charge in [0.15, 0.2) is 0 Å². The van der Waals surface area contributed by atoms with Crippen LogP contribution in [-0.2, 0) is 9.59 Å². The lowest BCUT2D eigenvalue weighted by atomic mass is 9.95. The summed E-state index contributed by atoms with van der Waals surface area (Å²) in [6.45, 7) is 2.42. The summed E-state index contributed by atoms with van der Waals surface area (Å²) in [4.78, 5) is 33.7. The van der Waals surface area contributed by atoms with Crippen LogP contribution < -0.4 is 14.5 Å². The first-order chi connectivity index (χ1) is 15.9. The Hall–Kier alpha value is -4.13. The van der Waals surface area contributed by atoms with Gasteiger partial charge in [0.25, 0.3) is 11.7 Å². The quantitative estimate of drug-likeness (QED) is 0.350. The number of nitrogens with zero attached hydrogens (tertiary/aromatic N) is 3. The molecule has 7 heteroatoms. The van der Waals surface area contributed by atoms with Crippen molar-refractivity contribution in [2.24, 2.45) is 0 Å². The van der Waals surface area contributed by atoms with Gasteiger partial charge < -0.3 is 14.7 Å². The molecule has 1 amide bonds. The Morgan fingerprint density at radius 3 is 2.21 bits per heavy atom. The van der Waals surface area contributed by atoms with Gasteiger partial charge in [-0.15, -0.1) is 0 Å². The van der Waals surface area contributed by atoms with Gasteiger partial charge >= 0.3 is 0 Å². The molecule has 0 radical (unpaired) electrons. The number of anilines is 2. The lowest BCUT2D eigenvalue weighted by Gasteiger charge is -2.26. The average Bonchev–Trinajstić information content (AvgIpc) is 3.10. The molecule has 1 atom stereocenters. The maximum absolute atomic E-state index is 13.2. The predicted molar refractivity (Wildman–Crippen MR) is 127 cm³/mol. The van der Waals surface area contributed by atoms with Crippen molar-refractivity contribution in [3.63, 3.8) is 0 Å². The van der Waals surface area contributed by atoms with Crippen LogP contribution in [0.3, 0.4) is 0 Å². The second kappa shape index (κ2) is 9.16. The highest BCUT2D eigenvalue weighted by Gasteiger charge is 2.47. The number of carbonyl (C=O) groups is 2. The van der Waals surface area contributed by atoms with E-state index in [2.05, 4.69) is 4.98 Å². The number of Topliss-reactive ketones (excluding diaryl/α,β-unsaturated/α-hetero) is 1. The first-order valence-corrected chi connectivity index (χ1v) is 10.6. The largest absolute Gasteiger partial charge is 0.507 e. The molecule has 1 aliphatic rings. The number of rotatable bonds is 6. The van der Waals surface area contributed by atoms with E-state index in [4.69, 9.17) is 4.74 Å². The maximum Gasteiger partial charge on any atom is 0.300 e. The molecule has 1 aliphatic heterocycles. The van der Waals surface area contributed by atoms with Gasteiger partial charge in [-0.25, -0.2) is 0 Å². The van der Waals surface area contributed by atoms with Crippen molar-refractivity contribution in [2.75, 3.05) is 30.5 Å². The number of aromatic nitrogens is 1. The van der Waals surface area contributed by atoms with Crippen LogP contribution in [0, 0.1) is 0 Å². The van der Waals surface area contributed by atoms with Crippen LogP contribution in [0.15, 0.2) is 78.6 Å². The van der Waals surface area contributed by atoms with E-state index in [9.17, 15) is 14.7 Å². The van der Waals surface area contributed by atoms with Crippen molar-refractivity contribution in [1.29, 1.82) is 0 Å². The standard InChI is InChI=1S/C26H25N3O4/c1-4-33-21-11-5-17(6-12-21)23-22(24(30)18-13-15-27-16-14-18)25(31)26(32)29(23)20-9-7-19(8-10-20)28(2)3/h5-16,23,30H,4H2,1-3H3/b24-22+. The van der Waals surface area contributed by atoms with E-state index in [1.54, 1.807) is 36.4 Å². The summed E-state index contributed by atoms with van der Waals surface area (Å²) in [5.41, 5.74) is 2.67. The van der Waals surface area contributed by atoms with Crippen molar-refractivity contribution >= 4 is 28.8 Å². The van der Waals surface area contributed by atoms with Crippen LogP contribution in [0.2, 0.25) is 0 Å². The summed E-state index contributed by atoms with van der Waals surface area (Å²) in [7, 11) is 3.85. The third-order valence-electron chi connectivity index (χ3n) is 5.55. The minimum absolute atomic E-state index is 0.0343. The number of hydrogen-bond donors (Lipinski definition) is 1. The fourth-order valence-electron chi connectivity index (χ4n) is 3.90. The number of benzene rings is 2. The van der Waals surface area contributed by atoms with Crippen LogP contribution in [0.25, 0.3) is 5.76 Å². The van der Waals surface area contributed by atoms with E-state index in [0.717, 1.165) is 5.69 Å². The SMILES string of the molecule is CCOc1ccc(C2/C(=C(\O)c3ccncc3)C(=O)C(=O)N2c2ccc(N(C)C)cc2)cc1. The maximum atomic E-state index is 13.2. The molecule has 2 aromatic carbocycles. The molecule has 1 unspecified atom stereocenters. The molecule has 0 bridgehead atoms. The molecule has 4 rings (SSSR count). The van der Waals surface area contributed by atoms with Crippen LogP contribution >= 0.6 is 0 Å². The highest BCUT2D eigenvalue weighted by Crippen LogP contribution is 2.42. The van der Waals surface area contributed by atoms with Crippen LogP contribution in [0.5, 0.6) is 5.75 Å². The summed E-state index contributed by atoms with van der Waals surface area (Å²) in [6, 6.07) is 17.0. The smallest absolute Gasteiger partial charge is 0.300 e. The third-order valence-corrected chi connectivity index (χ3v) is 5.55. The molecule has 3 aromatic rings. The molecular weight excluding hydrogens is 418 g/mol. The van der Waals surface area contributed by atoms with Gasteiger partial charge in [0.1, 0.15) is 11.5 Å². The molecule has 1 fully saturated rings. The van der Waals surface area contributed by atoms with E-state index >= 15 is 0 Å². The number of hydrogen-bond acceptors (Lipinski definition) is 6. The zero-order chi connectivity index (χ0) is 23.5. The first kappa shape index (κ1) is 22.1. The second-order valence-corrected chi connectivity index (χ2v) is 7.82. The number of pyridine rings is 1. The van der Waals surface area contributed by atoms with Crippen molar-refractivity contribution in [3.8, 4) is 5.75 Å². The minimum atomic E-state index is -0.793. The molecule has 1 N–H and O–H groups in total. The van der Waals surface area contributed by atoms with E-state index in [-0.39, 0.29) is 11.3 Å². The van der Waals surface area contributed by atoms with Gasteiger partial charge in [0.2, 0.25) is 0 Å². The number of ether oxygens (including phenoxy) is 1. The van der Waals surface area contributed by atoms with Crippen LogP contribution in [0.4, 0.5) is 11.4 Å². The number of amides is 1. The van der Waals surface area contributed by atoms with Crippen molar-refractivity contribution in [1.82, 2.24) is 4.98 Å².